The van der Waals surface area contributed by atoms with E-state index in [9.17, 15) is 4.79 Å². The number of ether oxygens (including phenoxy) is 1. The molecule has 0 saturated heterocycles. The largest absolute Gasteiger partial charge is 0.495 e. The van der Waals surface area contributed by atoms with Crippen LogP contribution in [-0.2, 0) is 6.54 Å². The summed E-state index contributed by atoms with van der Waals surface area (Å²) in [5.41, 5.74) is 1.18. The number of nitrogens with zero attached hydrogens (tertiary/aromatic N) is 2. The Labute approximate surface area is 153 Å². The quantitative estimate of drug-likeness (QED) is 0.727. The molecule has 0 aliphatic carbocycles. The number of hydrogen-bond acceptors (Lipinski definition) is 5. The maximum atomic E-state index is 12.2. The first-order valence-electron chi connectivity index (χ1n) is 7.27. The molecule has 1 amide bonds. The maximum Gasteiger partial charge on any atom is 0.251 e. The molecule has 3 rings (SSSR count). The van der Waals surface area contributed by atoms with Gasteiger partial charge in [-0.2, -0.15) is 4.98 Å². The van der Waals surface area contributed by atoms with Gasteiger partial charge in [0.15, 0.2) is 0 Å². The van der Waals surface area contributed by atoms with E-state index in [2.05, 4.69) is 15.5 Å². The van der Waals surface area contributed by atoms with E-state index in [0.29, 0.717) is 27.2 Å². The van der Waals surface area contributed by atoms with Crippen LogP contribution >= 0.6 is 23.2 Å². The summed E-state index contributed by atoms with van der Waals surface area (Å²) in [5, 5.41) is 7.57. The van der Waals surface area contributed by atoms with Gasteiger partial charge in [-0.15, -0.1) is 0 Å². The molecule has 3 aromatic rings. The number of carbonyl (C=O) groups excluding carboxylic acids is 1. The summed E-state index contributed by atoms with van der Waals surface area (Å²) in [6, 6.07) is 11.8. The lowest BCUT2D eigenvalue weighted by molar-refractivity contribution is 0.0946. The number of nitrogens with one attached hydrogen (secondary N) is 1. The first kappa shape index (κ1) is 17.3. The summed E-state index contributed by atoms with van der Waals surface area (Å²) in [6.07, 6.45) is 0. The summed E-state index contributed by atoms with van der Waals surface area (Å²) in [4.78, 5) is 16.4. The van der Waals surface area contributed by atoms with Crippen molar-refractivity contribution in [3.05, 3.63) is 64.0 Å². The Morgan fingerprint density at radius 3 is 2.64 bits per heavy atom. The van der Waals surface area contributed by atoms with Gasteiger partial charge in [0.25, 0.3) is 5.91 Å². The molecule has 0 saturated carbocycles. The molecule has 0 spiro atoms. The molecule has 0 radical (unpaired) electrons. The first-order valence-corrected chi connectivity index (χ1v) is 8.02. The summed E-state index contributed by atoms with van der Waals surface area (Å²) in [6.45, 7) is 0.100. The van der Waals surface area contributed by atoms with Crippen molar-refractivity contribution in [2.45, 2.75) is 6.54 Å². The number of aromatic nitrogens is 2. The SMILES string of the molecule is COc1ccc(C(=O)NCc2nc(-c3ccc(Cl)cc3)no2)cc1Cl. The van der Waals surface area contributed by atoms with Gasteiger partial charge in [-0.1, -0.05) is 28.4 Å². The molecule has 0 atom stereocenters. The number of methoxy groups -OCH3 is 1. The van der Waals surface area contributed by atoms with E-state index in [0.717, 1.165) is 5.56 Å². The van der Waals surface area contributed by atoms with E-state index in [1.54, 1.807) is 36.4 Å². The van der Waals surface area contributed by atoms with Crippen LogP contribution in [0.2, 0.25) is 10.0 Å². The number of amides is 1. The molecular formula is C17H13Cl2N3O3. The zero-order valence-electron chi connectivity index (χ0n) is 13.1. The molecule has 1 aromatic heterocycles. The first-order chi connectivity index (χ1) is 12.1. The third-order valence-electron chi connectivity index (χ3n) is 3.38. The minimum atomic E-state index is -0.309. The van der Waals surface area contributed by atoms with Crippen molar-refractivity contribution < 1.29 is 14.1 Å². The standard InChI is InChI=1S/C17H13Cl2N3O3/c1-24-14-7-4-11(8-13(14)19)17(23)20-9-15-21-16(22-25-15)10-2-5-12(18)6-3-10/h2-8H,9H2,1H3,(H,20,23). The molecular weight excluding hydrogens is 365 g/mol. The van der Waals surface area contributed by atoms with Gasteiger partial charge in [-0.05, 0) is 42.5 Å². The van der Waals surface area contributed by atoms with E-state index >= 15 is 0 Å². The second-order valence-electron chi connectivity index (χ2n) is 5.05. The molecule has 1 N–H and O–H groups in total. The number of carbonyl (C=O) groups is 1. The summed E-state index contributed by atoms with van der Waals surface area (Å²) >= 11 is 11.9. The molecule has 2 aromatic carbocycles. The fraction of sp³-hybridized carbons (Fsp3) is 0.118. The Kier molecular flexibility index (Phi) is 5.21. The Bertz CT molecular complexity index is 894. The van der Waals surface area contributed by atoms with Gasteiger partial charge in [0.1, 0.15) is 5.75 Å². The van der Waals surface area contributed by atoms with E-state index in [1.165, 1.54) is 13.2 Å². The van der Waals surface area contributed by atoms with Crippen molar-refractivity contribution in [1.82, 2.24) is 15.5 Å². The van der Waals surface area contributed by atoms with E-state index in [-0.39, 0.29) is 18.3 Å². The van der Waals surface area contributed by atoms with Crippen LogP contribution in [0.1, 0.15) is 16.2 Å². The lowest BCUT2D eigenvalue weighted by Crippen LogP contribution is -2.22. The summed E-state index contributed by atoms with van der Waals surface area (Å²) < 4.78 is 10.2. The normalized spacial score (nSPS) is 10.5. The van der Waals surface area contributed by atoms with Crippen molar-refractivity contribution in [3.63, 3.8) is 0 Å². The zero-order chi connectivity index (χ0) is 17.8. The molecule has 1 heterocycles. The molecule has 0 bridgehead atoms. The van der Waals surface area contributed by atoms with Crippen LogP contribution in [0.5, 0.6) is 5.75 Å². The average molecular weight is 378 g/mol. The molecule has 0 aliphatic heterocycles. The van der Waals surface area contributed by atoms with Gasteiger partial charge < -0.3 is 14.6 Å². The van der Waals surface area contributed by atoms with Crippen molar-refractivity contribution in [3.8, 4) is 17.1 Å². The Morgan fingerprint density at radius 2 is 1.96 bits per heavy atom. The van der Waals surface area contributed by atoms with Crippen LogP contribution in [0, 0.1) is 0 Å². The second kappa shape index (κ2) is 7.55. The Hall–Kier alpha value is -2.57. The van der Waals surface area contributed by atoms with Gasteiger partial charge in [0.2, 0.25) is 11.7 Å². The third kappa shape index (κ3) is 4.10. The van der Waals surface area contributed by atoms with Crippen LogP contribution in [0.4, 0.5) is 0 Å². The van der Waals surface area contributed by atoms with Crippen LogP contribution in [-0.4, -0.2) is 23.2 Å². The lowest BCUT2D eigenvalue weighted by atomic mass is 10.2. The van der Waals surface area contributed by atoms with Crippen LogP contribution in [0.3, 0.4) is 0 Å². The van der Waals surface area contributed by atoms with Crippen molar-refractivity contribution >= 4 is 29.1 Å². The lowest BCUT2D eigenvalue weighted by Gasteiger charge is -2.06. The highest BCUT2D eigenvalue weighted by Crippen LogP contribution is 2.25. The topological polar surface area (TPSA) is 77.2 Å². The number of halogens is 2. The van der Waals surface area contributed by atoms with Crippen LogP contribution in [0.15, 0.2) is 47.0 Å². The zero-order valence-corrected chi connectivity index (χ0v) is 14.6. The van der Waals surface area contributed by atoms with Gasteiger partial charge >= 0.3 is 0 Å². The molecule has 0 aliphatic rings. The molecule has 0 unspecified atom stereocenters. The van der Waals surface area contributed by atoms with Gasteiger partial charge in [0, 0.05) is 16.1 Å². The molecule has 128 valence electrons. The highest BCUT2D eigenvalue weighted by atomic mass is 35.5. The smallest absolute Gasteiger partial charge is 0.251 e. The van der Waals surface area contributed by atoms with Crippen molar-refractivity contribution in [1.29, 1.82) is 0 Å². The fourth-order valence-corrected chi connectivity index (χ4v) is 2.49. The van der Waals surface area contributed by atoms with Crippen LogP contribution in [0.25, 0.3) is 11.4 Å². The molecule has 8 heteroatoms. The second-order valence-corrected chi connectivity index (χ2v) is 5.89. The summed E-state index contributed by atoms with van der Waals surface area (Å²) in [7, 11) is 1.51. The maximum absolute atomic E-state index is 12.2. The fourth-order valence-electron chi connectivity index (χ4n) is 2.11. The Morgan fingerprint density at radius 1 is 1.20 bits per heavy atom. The highest BCUT2D eigenvalue weighted by Gasteiger charge is 2.12. The van der Waals surface area contributed by atoms with Gasteiger partial charge in [-0.3, -0.25) is 4.79 Å². The Balaban J connectivity index is 1.65. The molecule has 25 heavy (non-hydrogen) atoms. The predicted octanol–water partition coefficient (Wildman–Crippen LogP) is 3.98. The summed E-state index contributed by atoms with van der Waals surface area (Å²) in [5.74, 6) is 0.907. The van der Waals surface area contributed by atoms with Crippen LogP contribution < -0.4 is 10.1 Å². The predicted molar refractivity (Wildman–Crippen MR) is 93.9 cm³/mol. The third-order valence-corrected chi connectivity index (χ3v) is 3.93. The monoisotopic (exact) mass is 377 g/mol. The number of benzene rings is 2. The molecule has 0 fully saturated rings. The van der Waals surface area contributed by atoms with Gasteiger partial charge in [-0.25, -0.2) is 0 Å². The van der Waals surface area contributed by atoms with Gasteiger partial charge in [0.05, 0.1) is 18.7 Å². The number of hydrogen-bond donors (Lipinski definition) is 1. The minimum absolute atomic E-state index is 0.100. The van der Waals surface area contributed by atoms with E-state index in [1.807, 2.05) is 0 Å². The highest BCUT2D eigenvalue weighted by molar-refractivity contribution is 6.32. The molecule has 6 nitrogen and oxygen atoms in total. The average Bonchev–Trinajstić information content (AvgIpc) is 3.09. The number of rotatable bonds is 5. The van der Waals surface area contributed by atoms with E-state index in [4.69, 9.17) is 32.5 Å². The minimum Gasteiger partial charge on any atom is -0.495 e. The van der Waals surface area contributed by atoms with Crippen molar-refractivity contribution in [2.75, 3.05) is 7.11 Å². The van der Waals surface area contributed by atoms with Crippen molar-refractivity contribution in [2.24, 2.45) is 0 Å². The van der Waals surface area contributed by atoms with E-state index < -0.39 is 0 Å².